The number of carboxylic acids is 1. The highest BCUT2D eigenvalue weighted by Crippen LogP contribution is 2.13. The third-order valence-electron chi connectivity index (χ3n) is 4.57. The highest BCUT2D eigenvalue weighted by Gasteiger charge is 2.09. The van der Waals surface area contributed by atoms with Gasteiger partial charge in [0.25, 0.3) is 0 Å². The smallest absolute Gasteiger partial charge is 0.306 e. The van der Waals surface area contributed by atoms with Gasteiger partial charge in [0.1, 0.15) is 5.78 Å². The summed E-state index contributed by atoms with van der Waals surface area (Å²) in [6.07, 6.45) is 16.6. The van der Waals surface area contributed by atoms with Gasteiger partial charge in [-0.15, -0.1) is 0 Å². The van der Waals surface area contributed by atoms with Gasteiger partial charge in [-0.1, -0.05) is 57.6 Å². The number of ketones is 1. The number of carbonyl (C=O) groups is 2. The molecule has 0 saturated carbocycles. The first-order valence-corrected chi connectivity index (χ1v) is 9.98. The Bertz CT molecular complexity index is 376. The van der Waals surface area contributed by atoms with Crippen LogP contribution in [0.3, 0.4) is 0 Å². The van der Waals surface area contributed by atoms with Gasteiger partial charge in [0.2, 0.25) is 0 Å². The zero-order chi connectivity index (χ0) is 18.9. The predicted octanol–water partition coefficient (Wildman–Crippen LogP) is 5.28. The lowest BCUT2D eigenvalue weighted by molar-refractivity contribution is -0.141. The molecular formula is C21H38O4. The lowest BCUT2D eigenvalue weighted by Gasteiger charge is -2.07. The van der Waals surface area contributed by atoms with E-state index in [4.69, 9.17) is 5.11 Å². The second-order valence-electron chi connectivity index (χ2n) is 7.25. The lowest BCUT2D eigenvalue weighted by Crippen LogP contribution is -2.08. The van der Waals surface area contributed by atoms with E-state index < -0.39 is 5.97 Å². The highest BCUT2D eigenvalue weighted by atomic mass is 16.4. The van der Waals surface area contributed by atoms with Crippen molar-refractivity contribution >= 4 is 11.8 Å². The third kappa shape index (κ3) is 17.5. The maximum Gasteiger partial charge on any atom is 0.306 e. The third-order valence-corrected chi connectivity index (χ3v) is 4.57. The average Bonchev–Trinajstić information content (AvgIpc) is 2.55. The first kappa shape index (κ1) is 23.8. The van der Waals surface area contributed by atoms with Gasteiger partial charge in [0.15, 0.2) is 0 Å². The van der Waals surface area contributed by atoms with Crippen LogP contribution in [0.2, 0.25) is 0 Å². The largest absolute Gasteiger partial charge is 0.481 e. The van der Waals surface area contributed by atoms with Crippen molar-refractivity contribution in [2.24, 2.45) is 5.92 Å². The molecule has 0 aromatic heterocycles. The van der Waals surface area contributed by atoms with Crippen LogP contribution in [0.1, 0.15) is 97.3 Å². The minimum atomic E-state index is -0.697. The molecule has 4 nitrogen and oxygen atoms in total. The number of aliphatic hydroxyl groups is 1. The normalized spacial score (nSPS) is 13.9. The number of carboxylic acid groups (broad SMARTS) is 1. The summed E-state index contributed by atoms with van der Waals surface area (Å²) in [7, 11) is 0. The summed E-state index contributed by atoms with van der Waals surface area (Å²) in [5.41, 5.74) is 0. The molecule has 0 rings (SSSR count). The average molecular weight is 355 g/mol. The van der Waals surface area contributed by atoms with Gasteiger partial charge < -0.3 is 15.0 Å². The summed E-state index contributed by atoms with van der Waals surface area (Å²) in [5, 5.41) is 18.7. The van der Waals surface area contributed by atoms with Crippen LogP contribution in [0.15, 0.2) is 12.2 Å². The molecule has 0 radical (unpaired) electrons. The molecule has 0 aliphatic rings. The van der Waals surface area contributed by atoms with Gasteiger partial charge in [0.05, 0.1) is 12.0 Å². The van der Waals surface area contributed by atoms with Gasteiger partial charge in [-0.05, 0) is 45.4 Å². The Morgan fingerprint density at radius 3 is 2.12 bits per heavy atom. The summed E-state index contributed by atoms with van der Waals surface area (Å²) in [5.74, 6) is -0.659. The topological polar surface area (TPSA) is 74.6 Å². The standard InChI is InChI=1S/C21H38O4/c1-18(21(24)25)14-10-6-4-3-5-7-12-16-20(23)17-13-9-8-11-15-19(2)22/h7,12,18,20,23H,3-6,8-11,13-17H2,1-2H3,(H,24,25)/b12-7-/t18?,20-/m0/s1. The van der Waals surface area contributed by atoms with Crippen molar-refractivity contribution < 1.29 is 19.8 Å². The fraction of sp³-hybridized carbons (Fsp3) is 0.810. The molecule has 0 aliphatic carbocycles. The van der Waals surface area contributed by atoms with Crippen LogP contribution >= 0.6 is 0 Å². The van der Waals surface area contributed by atoms with Crippen molar-refractivity contribution in [3.63, 3.8) is 0 Å². The molecule has 0 spiro atoms. The molecule has 2 atom stereocenters. The van der Waals surface area contributed by atoms with E-state index in [9.17, 15) is 14.7 Å². The molecule has 25 heavy (non-hydrogen) atoms. The van der Waals surface area contributed by atoms with Crippen molar-refractivity contribution in [3.05, 3.63) is 12.2 Å². The lowest BCUT2D eigenvalue weighted by atomic mass is 10.0. The Labute approximate surface area is 153 Å². The number of Topliss-reactive ketones (excluding diaryl/α,β-unsaturated/α-hetero) is 1. The molecule has 2 N–H and O–H groups in total. The Morgan fingerprint density at radius 1 is 0.880 bits per heavy atom. The van der Waals surface area contributed by atoms with E-state index in [2.05, 4.69) is 12.2 Å². The van der Waals surface area contributed by atoms with E-state index in [0.717, 1.165) is 77.0 Å². The first-order chi connectivity index (χ1) is 11.9. The van der Waals surface area contributed by atoms with E-state index >= 15 is 0 Å². The van der Waals surface area contributed by atoms with Crippen LogP contribution in [-0.2, 0) is 9.59 Å². The van der Waals surface area contributed by atoms with Crippen LogP contribution < -0.4 is 0 Å². The zero-order valence-electron chi connectivity index (χ0n) is 16.2. The molecule has 1 unspecified atom stereocenters. The quantitative estimate of drug-likeness (QED) is 0.275. The van der Waals surface area contributed by atoms with Crippen molar-refractivity contribution in [2.45, 2.75) is 103 Å². The molecule has 146 valence electrons. The van der Waals surface area contributed by atoms with Crippen molar-refractivity contribution in [3.8, 4) is 0 Å². The number of rotatable bonds is 17. The molecule has 0 heterocycles. The molecule has 4 heteroatoms. The van der Waals surface area contributed by atoms with Crippen LogP contribution in [-0.4, -0.2) is 28.1 Å². The number of hydrogen-bond acceptors (Lipinski definition) is 3. The van der Waals surface area contributed by atoms with Crippen LogP contribution in [0.4, 0.5) is 0 Å². The Kier molecular flexibility index (Phi) is 15.6. The minimum Gasteiger partial charge on any atom is -0.481 e. The van der Waals surface area contributed by atoms with Crippen molar-refractivity contribution in [1.82, 2.24) is 0 Å². The van der Waals surface area contributed by atoms with Crippen LogP contribution in [0.25, 0.3) is 0 Å². The van der Waals surface area contributed by atoms with Gasteiger partial charge >= 0.3 is 5.97 Å². The summed E-state index contributed by atoms with van der Waals surface area (Å²) in [6, 6.07) is 0. The minimum absolute atomic E-state index is 0.226. The van der Waals surface area contributed by atoms with Gasteiger partial charge in [-0.3, -0.25) is 4.79 Å². The monoisotopic (exact) mass is 354 g/mol. The number of hydrogen-bond donors (Lipinski definition) is 2. The SMILES string of the molecule is CC(=O)CCCCCC[C@@H](O)C/C=C\CCCCCCC(C)C(=O)O. The van der Waals surface area contributed by atoms with Crippen LogP contribution in [0.5, 0.6) is 0 Å². The molecule has 0 aromatic carbocycles. The number of carbonyl (C=O) groups excluding carboxylic acids is 1. The number of allylic oxidation sites excluding steroid dienone is 1. The summed E-state index contributed by atoms with van der Waals surface area (Å²) in [4.78, 5) is 21.5. The fourth-order valence-corrected chi connectivity index (χ4v) is 2.79. The number of aliphatic hydroxyl groups excluding tert-OH is 1. The second-order valence-corrected chi connectivity index (χ2v) is 7.25. The van der Waals surface area contributed by atoms with E-state index in [-0.39, 0.29) is 17.8 Å². The summed E-state index contributed by atoms with van der Waals surface area (Å²) in [6.45, 7) is 3.40. The molecule has 0 saturated heterocycles. The molecular weight excluding hydrogens is 316 g/mol. The first-order valence-electron chi connectivity index (χ1n) is 9.98. The highest BCUT2D eigenvalue weighted by molar-refractivity contribution is 5.75. The van der Waals surface area contributed by atoms with E-state index in [1.165, 1.54) is 0 Å². The zero-order valence-corrected chi connectivity index (χ0v) is 16.2. The van der Waals surface area contributed by atoms with Crippen molar-refractivity contribution in [1.29, 1.82) is 0 Å². The van der Waals surface area contributed by atoms with Gasteiger partial charge in [-0.2, -0.15) is 0 Å². The fourth-order valence-electron chi connectivity index (χ4n) is 2.79. The maximum absolute atomic E-state index is 10.8. The predicted molar refractivity (Wildman–Crippen MR) is 103 cm³/mol. The number of unbranched alkanes of at least 4 members (excludes halogenated alkanes) is 7. The Morgan fingerprint density at radius 2 is 1.48 bits per heavy atom. The number of aliphatic carboxylic acids is 1. The molecule has 0 aromatic rings. The van der Waals surface area contributed by atoms with Gasteiger partial charge in [0, 0.05) is 6.42 Å². The summed E-state index contributed by atoms with van der Waals surface area (Å²) >= 11 is 0. The molecule has 0 fully saturated rings. The Balaban J connectivity index is 3.38. The van der Waals surface area contributed by atoms with Crippen molar-refractivity contribution in [2.75, 3.05) is 0 Å². The van der Waals surface area contributed by atoms with E-state index in [0.29, 0.717) is 6.42 Å². The molecule has 0 bridgehead atoms. The summed E-state index contributed by atoms with van der Waals surface area (Å²) < 4.78 is 0. The van der Waals surface area contributed by atoms with E-state index in [1.807, 2.05) is 0 Å². The van der Waals surface area contributed by atoms with E-state index in [1.54, 1.807) is 13.8 Å². The Hall–Kier alpha value is -1.16. The van der Waals surface area contributed by atoms with Crippen LogP contribution in [0, 0.1) is 5.92 Å². The van der Waals surface area contributed by atoms with Gasteiger partial charge in [-0.25, -0.2) is 0 Å². The second kappa shape index (κ2) is 16.3. The molecule has 0 aliphatic heterocycles. The maximum atomic E-state index is 10.8. The molecule has 0 amide bonds.